The molecule has 2 aromatic heterocycles. The third kappa shape index (κ3) is 2.77. The summed E-state index contributed by atoms with van der Waals surface area (Å²) in [6, 6.07) is 3.60. The highest BCUT2D eigenvalue weighted by molar-refractivity contribution is 7.11. The molecule has 0 spiro atoms. The van der Waals surface area contributed by atoms with Crippen LogP contribution in [0.2, 0.25) is 0 Å². The Hall–Kier alpha value is -2.13. The summed E-state index contributed by atoms with van der Waals surface area (Å²) in [4.78, 5) is 23.0. The quantitative estimate of drug-likeness (QED) is 0.946. The van der Waals surface area contributed by atoms with Gasteiger partial charge in [0.25, 0.3) is 5.91 Å². The molecule has 0 aromatic carbocycles. The number of aromatic amines is 1. The van der Waals surface area contributed by atoms with Gasteiger partial charge in [-0.25, -0.2) is 4.98 Å². The van der Waals surface area contributed by atoms with E-state index in [1.807, 2.05) is 20.0 Å². The Kier molecular flexibility index (Phi) is 3.99. The van der Waals surface area contributed by atoms with Crippen LogP contribution in [-0.2, 0) is 6.42 Å². The normalized spacial score (nSPS) is 16.9. The van der Waals surface area contributed by atoms with Crippen molar-refractivity contribution in [3.8, 4) is 6.07 Å². The van der Waals surface area contributed by atoms with Crippen molar-refractivity contribution in [1.82, 2.24) is 14.9 Å². The maximum Gasteiger partial charge on any atom is 0.255 e. The number of rotatable bonds is 3. The zero-order valence-corrected chi connectivity index (χ0v) is 13.5. The fourth-order valence-corrected chi connectivity index (χ4v) is 4.09. The minimum Gasteiger partial charge on any atom is -0.352 e. The Morgan fingerprint density at radius 3 is 3.18 bits per heavy atom. The molecule has 114 valence electrons. The fourth-order valence-electron chi connectivity index (χ4n) is 3.02. The third-order valence-corrected chi connectivity index (χ3v) is 5.12. The Morgan fingerprint density at radius 2 is 2.45 bits per heavy atom. The average molecular weight is 314 g/mol. The zero-order chi connectivity index (χ0) is 15.7. The van der Waals surface area contributed by atoms with Crippen molar-refractivity contribution in [2.75, 3.05) is 13.6 Å². The van der Waals surface area contributed by atoms with Crippen LogP contribution in [0.4, 0.5) is 0 Å². The van der Waals surface area contributed by atoms with E-state index in [-0.39, 0.29) is 5.91 Å². The number of likely N-dealkylation sites (N-methyl/N-ethyl adjacent to an activating group) is 1. The first-order valence-electron chi connectivity index (χ1n) is 7.38. The number of aromatic nitrogens is 2. The van der Waals surface area contributed by atoms with Crippen molar-refractivity contribution in [3.63, 3.8) is 0 Å². The predicted molar refractivity (Wildman–Crippen MR) is 85.0 cm³/mol. The molecule has 1 atom stereocenters. The first-order valence-corrected chi connectivity index (χ1v) is 8.20. The largest absolute Gasteiger partial charge is 0.352 e. The molecule has 0 fully saturated rings. The van der Waals surface area contributed by atoms with Gasteiger partial charge in [0.2, 0.25) is 0 Å². The summed E-state index contributed by atoms with van der Waals surface area (Å²) in [6.45, 7) is 2.71. The molecule has 0 saturated carbocycles. The number of H-pyrrole nitrogens is 1. The highest BCUT2D eigenvalue weighted by Crippen LogP contribution is 2.35. The predicted octanol–water partition coefficient (Wildman–Crippen LogP) is 2.84. The third-order valence-electron chi connectivity index (χ3n) is 4.07. The van der Waals surface area contributed by atoms with Crippen LogP contribution in [0.3, 0.4) is 0 Å². The molecule has 0 saturated heterocycles. The number of amides is 1. The molecule has 0 radical (unpaired) electrons. The molecule has 1 amide bonds. The Labute approximate surface area is 133 Å². The first kappa shape index (κ1) is 14.8. The number of carbonyl (C=O) groups excluding carboxylic acids is 1. The number of carbonyl (C=O) groups is 1. The van der Waals surface area contributed by atoms with E-state index >= 15 is 0 Å². The van der Waals surface area contributed by atoms with E-state index in [0.29, 0.717) is 23.7 Å². The second kappa shape index (κ2) is 5.93. The number of nitrogens with zero attached hydrogens (tertiary/aromatic N) is 3. The molecule has 2 aromatic rings. The van der Waals surface area contributed by atoms with Crippen LogP contribution < -0.4 is 0 Å². The molecule has 22 heavy (non-hydrogen) atoms. The monoisotopic (exact) mass is 314 g/mol. The summed E-state index contributed by atoms with van der Waals surface area (Å²) in [5.41, 5.74) is 2.12. The van der Waals surface area contributed by atoms with Gasteiger partial charge in [0.15, 0.2) is 0 Å². The zero-order valence-electron chi connectivity index (χ0n) is 12.7. The number of nitriles is 1. The summed E-state index contributed by atoms with van der Waals surface area (Å²) < 4.78 is 0. The Bertz CT molecular complexity index is 740. The number of fused-ring (bicyclic) bond motifs is 1. The highest BCUT2D eigenvalue weighted by atomic mass is 32.1. The van der Waals surface area contributed by atoms with Crippen molar-refractivity contribution in [3.05, 3.63) is 39.1 Å². The van der Waals surface area contributed by atoms with Crippen LogP contribution in [0.1, 0.15) is 50.4 Å². The number of nitrogens with one attached hydrogen (secondary N) is 1. The highest BCUT2D eigenvalue weighted by Gasteiger charge is 2.26. The van der Waals surface area contributed by atoms with E-state index in [1.165, 1.54) is 10.6 Å². The lowest BCUT2D eigenvalue weighted by atomic mass is 9.90. The molecule has 1 aliphatic rings. The molecule has 0 bridgehead atoms. The molecule has 6 heteroatoms. The second-order valence-electron chi connectivity index (χ2n) is 5.73. The molecular formula is C16H18N4OS. The Morgan fingerprint density at radius 1 is 1.64 bits per heavy atom. The maximum absolute atomic E-state index is 12.4. The minimum absolute atomic E-state index is 0.0585. The minimum atomic E-state index is -0.0585. The van der Waals surface area contributed by atoms with Gasteiger partial charge < -0.3 is 9.88 Å². The van der Waals surface area contributed by atoms with Crippen molar-refractivity contribution in [2.45, 2.75) is 32.1 Å². The summed E-state index contributed by atoms with van der Waals surface area (Å²) in [6.07, 6.45) is 4.93. The van der Waals surface area contributed by atoms with E-state index < -0.39 is 0 Å². The second-order valence-corrected chi connectivity index (χ2v) is 7.02. The molecule has 3 rings (SSSR count). The van der Waals surface area contributed by atoms with Gasteiger partial charge in [0, 0.05) is 30.6 Å². The van der Waals surface area contributed by atoms with Crippen molar-refractivity contribution in [1.29, 1.82) is 5.26 Å². The summed E-state index contributed by atoms with van der Waals surface area (Å²) in [5, 5.41) is 9.94. The van der Waals surface area contributed by atoms with Crippen molar-refractivity contribution in [2.24, 2.45) is 0 Å². The number of hydrogen-bond donors (Lipinski definition) is 1. The van der Waals surface area contributed by atoms with E-state index in [1.54, 1.807) is 28.5 Å². The van der Waals surface area contributed by atoms with Gasteiger partial charge in [0.1, 0.15) is 11.8 Å². The van der Waals surface area contributed by atoms with Crippen LogP contribution in [-0.4, -0.2) is 34.4 Å². The first-order chi connectivity index (χ1) is 10.6. The molecule has 0 aliphatic heterocycles. The number of thiazole rings is 1. The van der Waals surface area contributed by atoms with Gasteiger partial charge in [-0.2, -0.15) is 5.26 Å². The lowest BCUT2D eigenvalue weighted by Gasteiger charge is -2.26. The summed E-state index contributed by atoms with van der Waals surface area (Å²) in [5.74, 6) is 0.258. The van der Waals surface area contributed by atoms with Gasteiger partial charge in [-0.15, -0.1) is 11.3 Å². The molecule has 0 unspecified atom stereocenters. The van der Waals surface area contributed by atoms with Crippen LogP contribution in [0.15, 0.2) is 12.3 Å². The number of aryl methyl sites for hydroxylation is 2. The maximum atomic E-state index is 12.4. The Balaban J connectivity index is 1.73. The smallest absolute Gasteiger partial charge is 0.255 e. The van der Waals surface area contributed by atoms with Crippen LogP contribution in [0, 0.1) is 18.3 Å². The molecular weight excluding hydrogens is 296 g/mol. The summed E-state index contributed by atoms with van der Waals surface area (Å²) >= 11 is 1.78. The van der Waals surface area contributed by atoms with Crippen LogP contribution in [0.25, 0.3) is 0 Å². The summed E-state index contributed by atoms with van der Waals surface area (Å²) in [7, 11) is 1.81. The van der Waals surface area contributed by atoms with Crippen molar-refractivity contribution < 1.29 is 4.79 Å². The van der Waals surface area contributed by atoms with E-state index in [4.69, 9.17) is 5.26 Å². The van der Waals surface area contributed by atoms with Crippen molar-refractivity contribution >= 4 is 17.2 Å². The van der Waals surface area contributed by atoms with Crippen LogP contribution in [0.5, 0.6) is 0 Å². The lowest BCUT2D eigenvalue weighted by molar-refractivity contribution is 0.0783. The SMILES string of the molecule is Cc1nc2c(s1)CCC[C@@H]2CN(C)C(=O)c1c[nH]c(C#N)c1. The number of hydrogen-bond acceptors (Lipinski definition) is 4. The molecule has 1 N–H and O–H groups in total. The molecule has 1 aliphatic carbocycles. The van der Waals surface area contributed by atoms with Gasteiger partial charge in [-0.3, -0.25) is 4.79 Å². The average Bonchev–Trinajstić information content (AvgIpc) is 3.12. The standard InChI is InChI=1S/C16H18N4OS/c1-10-19-15-11(4-3-5-14(15)22-10)9-20(2)16(21)12-6-13(7-17)18-8-12/h6,8,11,18H,3-5,9H2,1-2H3/t11-/m1/s1. The van der Waals surface area contributed by atoms with E-state index in [2.05, 4.69) is 9.97 Å². The van der Waals surface area contributed by atoms with Gasteiger partial charge in [-0.05, 0) is 32.3 Å². The van der Waals surface area contributed by atoms with E-state index in [9.17, 15) is 4.79 Å². The van der Waals surface area contributed by atoms with E-state index in [0.717, 1.165) is 24.3 Å². The van der Waals surface area contributed by atoms with Gasteiger partial charge >= 0.3 is 0 Å². The van der Waals surface area contributed by atoms with Gasteiger partial charge in [-0.1, -0.05) is 0 Å². The topological polar surface area (TPSA) is 72.8 Å². The molecule has 2 heterocycles. The lowest BCUT2D eigenvalue weighted by Crippen LogP contribution is -2.32. The fraction of sp³-hybridized carbons (Fsp3) is 0.438. The van der Waals surface area contributed by atoms with Crippen LogP contribution >= 0.6 is 11.3 Å². The molecule has 5 nitrogen and oxygen atoms in total. The van der Waals surface area contributed by atoms with Gasteiger partial charge in [0.05, 0.1) is 16.3 Å².